The van der Waals surface area contributed by atoms with Gasteiger partial charge in [-0.3, -0.25) is 14.5 Å². The first-order valence-electron chi connectivity index (χ1n) is 9.43. The highest BCUT2D eigenvalue weighted by Gasteiger charge is 2.23. The van der Waals surface area contributed by atoms with Gasteiger partial charge in [0, 0.05) is 45.9 Å². The molecule has 0 aliphatic carbocycles. The second kappa shape index (κ2) is 9.62. The van der Waals surface area contributed by atoms with Gasteiger partial charge in [0.2, 0.25) is 0 Å². The lowest BCUT2D eigenvalue weighted by Crippen LogP contribution is -2.48. The van der Waals surface area contributed by atoms with Crippen molar-refractivity contribution in [2.75, 3.05) is 47.0 Å². The molecule has 1 aromatic heterocycles. The maximum Gasteiger partial charge on any atom is 0.274 e. The number of piperazine rings is 1. The van der Waals surface area contributed by atoms with Crippen molar-refractivity contribution in [3.05, 3.63) is 57.8 Å². The Morgan fingerprint density at radius 1 is 1.14 bits per heavy atom. The molecule has 1 fully saturated rings. The number of ether oxygens (including phenoxy) is 2. The Bertz CT molecular complexity index is 910. The lowest BCUT2D eigenvalue weighted by atomic mass is 10.1. The van der Waals surface area contributed by atoms with Crippen molar-refractivity contribution in [3.8, 4) is 5.75 Å². The molecule has 0 saturated carbocycles. The van der Waals surface area contributed by atoms with E-state index in [2.05, 4.69) is 10.00 Å². The van der Waals surface area contributed by atoms with Crippen molar-refractivity contribution in [3.63, 3.8) is 0 Å². The predicted octanol–water partition coefficient (Wildman–Crippen LogP) is 0.995. The van der Waals surface area contributed by atoms with Crippen LogP contribution in [0.2, 0.25) is 0 Å². The minimum absolute atomic E-state index is 0.202. The molecular formula is C20H25FN4O4. The number of benzene rings is 1. The summed E-state index contributed by atoms with van der Waals surface area (Å²) >= 11 is 0. The van der Waals surface area contributed by atoms with Crippen LogP contribution in [0.25, 0.3) is 0 Å². The predicted molar refractivity (Wildman–Crippen MR) is 105 cm³/mol. The van der Waals surface area contributed by atoms with Gasteiger partial charge in [-0.2, -0.15) is 5.10 Å². The molecule has 0 N–H and O–H groups in total. The summed E-state index contributed by atoms with van der Waals surface area (Å²) in [6.07, 6.45) is 0. The smallest absolute Gasteiger partial charge is 0.274 e. The molecule has 29 heavy (non-hydrogen) atoms. The Morgan fingerprint density at radius 3 is 2.55 bits per heavy atom. The second-order valence-corrected chi connectivity index (χ2v) is 6.81. The van der Waals surface area contributed by atoms with Crippen LogP contribution in [-0.4, -0.2) is 72.5 Å². The molecule has 0 bridgehead atoms. The highest BCUT2D eigenvalue weighted by Crippen LogP contribution is 2.19. The van der Waals surface area contributed by atoms with E-state index >= 15 is 0 Å². The van der Waals surface area contributed by atoms with Crippen LogP contribution in [0.1, 0.15) is 16.1 Å². The average Bonchev–Trinajstić information content (AvgIpc) is 2.73. The molecule has 1 amide bonds. The van der Waals surface area contributed by atoms with E-state index in [0.29, 0.717) is 45.9 Å². The van der Waals surface area contributed by atoms with Crippen molar-refractivity contribution in [2.24, 2.45) is 0 Å². The number of hydrogen-bond acceptors (Lipinski definition) is 6. The zero-order chi connectivity index (χ0) is 20.8. The van der Waals surface area contributed by atoms with E-state index in [0.717, 1.165) is 5.56 Å². The van der Waals surface area contributed by atoms with Gasteiger partial charge in [-0.1, -0.05) is 6.07 Å². The zero-order valence-corrected chi connectivity index (χ0v) is 16.6. The highest BCUT2D eigenvalue weighted by atomic mass is 19.1. The molecule has 0 atom stereocenters. The van der Waals surface area contributed by atoms with Gasteiger partial charge in [-0.25, -0.2) is 9.07 Å². The van der Waals surface area contributed by atoms with Crippen molar-refractivity contribution < 1.29 is 18.7 Å². The lowest BCUT2D eigenvalue weighted by molar-refractivity contribution is 0.0619. The molecule has 156 valence electrons. The third-order valence-electron chi connectivity index (χ3n) is 4.87. The van der Waals surface area contributed by atoms with Crippen LogP contribution in [0.3, 0.4) is 0 Å². The Balaban J connectivity index is 1.58. The Labute approximate surface area is 168 Å². The standard InChI is InChI=1S/C20H25FN4O4/c1-28-12-11-25-19(26)6-4-17(22-25)20(27)24-9-7-23(8-10-24)14-15-3-5-18(29-2)16(21)13-15/h3-6,13H,7-12,14H2,1-2H3. The molecule has 8 nitrogen and oxygen atoms in total. The normalized spacial score (nSPS) is 14.8. The summed E-state index contributed by atoms with van der Waals surface area (Å²) in [6, 6.07) is 7.75. The molecule has 3 rings (SSSR count). The average molecular weight is 404 g/mol. The number of hydrogen-bond donors (Lipinski definition) is 0. The molecule has 1 aromatic carbocycles. The Kier molecular flexibility index (Phi) is 6.95. The van der Waals surface area contributed by atoms with Crippen molar-refractivity contribution in [2.45, 2.75) is 13.1 Å². The number of nitrogens with zero attached hydrogens (tertiary/aromatic N) is 4. The third kappa shape index (κ3) is 5.18. The zero-order valence-electron chi connectivity index (χ0n) is 16.6. The molecule has 1 aliphatic rings. The Morgan fingerprint density at radius 2 is 1.90 bits per heavy atom. The minimum atomic E-state index is -0.381. The van der Waals surface area contributed by atoms with Gasteiger partial charge in [0.1, 0.15) is 5.69 Å². The first-order valence-corrected chi connectivity index (χ1v) is 9.43. The molecule has 1 aliphatic heterocycles. The third-order valence-corrected chi connectivity index (χ3v) is 4.87. The SMILES string of the molecule is COCCn1nc(C(=O)N2CCN(Cc3ccc(OC)c(F)c3)CC2)ccc1=O. The van der Waals surface area contributed by atoms with E-state index < -0.39 is 0 Å². The van der Waals surface area contributed by atoms with Crippen LogP contribution in [0, 0.1) is 5.82 Å². The summed E-state index contributed by atoms with van der Waals surface area (Å²) in [6.45, 7) is 3.65. The number of methoxy groups -OCH3 is 2. The quantitative estimate of drug-likeness (QED) is 0.685. The number of rotatable bonds is 7. The monoisotopic (exact) mass is 404 g/mol. The fraction of sp³-hybridized carbons (Fsp3) is 0.450. The van der Waals surface area contributed by atoms with E-state index in [9.17, 15) is 14.0 Å². The van der Waals surface area contributed by atoms with Gasteiger partial charge in [-0.15, -0.1) is 0 Å². The summed E-state index contributed by atoms with van der Waals surface area (Å²) in [4.78, 5) is 28.5. The highest BCUT2D eigenvalue weighted by molar-refractivity contribution is 5.92. The van der Waals surface area contributed by atoms with Gasteiger partial charge >= 0.3 is 0 Å². The minimum Gasteiger partial charge on any atom is -0.494 e. The largest absolute Gasteiger partial charge is 0.494 e. The molecular weight excluding hydrogens is 379 g/mol. The number of halogens is 1. The van der Waals surface area contributed by atoms with Crippen molar-refractivity contribution >= 4 is 5.91 Å². The Hall–Kier alpha value is -2.78. The number of carbonyl (C=O) groups is 1. The molecule has 0 radical (unpaired) electrons. The second-order valence-electron chi connectivity index (χ2n) is 6.81. The van der Waals surface area contributed by atoms with Gasteiger partial charge in [0.05, 0.1) is 20.3 Å². The number of aromatic nitrogens is 2. The van der Waals surface area contributed by atoms with Gasteiger partial charge in [0.25, 0.3) is 11.5 Å². The van der Waals surface area contributed by atoms with Crippen LogP contribution in [0.4, 0.5) is 4.39 Å². The summed E-state index contributed by atoms with van der Waals surface area (Å²) in [5.41, 5.74) is 0.830. The summed E-state index contributed by atoms with van der Waals surface area (Å²) < 4.78 is 25.0. The number of amides is 1. The van der Waals surface area contributed by atoms with Crippen LogP contribution in [0.5, 0.6) is 5.75 Å². The fourth-order valence-corrected chi connectivity index (χ4v) is 3.24. The maximum atomic E-state index is 13.9. The summed E-state index contributed by atoms with van der Waals surface area (Å²) in [5, 5.41) is 4.16. The van der Waals surface area contributed by atoms with E-state index in [1.54, 1.807) is 18.1 Å². The summed E-state index contributed by atoms with van der Waals surface area (Å²) in [5.74, 6) is -0.358. The van der Waals surface area contributed by atoms with Crippen molar-refractivity contribution in [1.29, 1.82) is 0 Å². The maximum absolute atomic E-state index is 13.9. The lowest BCUT2D eigenvalue weighted by Gasteiger charge is -2.34. The number of carbonyl (C=O) groups excluding carboxylic acids is 1. The van der Waals surface area contributed by atoms with E-state index in [-0.39, 0.29) is 28.7 Å². The van der Waals surface area contributed by atoms with Gasteiger partial charge in [0.15, 0.2) is 11.6 Å². The molecule has 2 heterocycles. The molecule has 1 saturated heterocycles. The molecule has 2 aromatic rings. The van der Waals surface area contributed by atoms with Crippen LogP contribution >= 0.6 is 0 Å². The molecule has 0 spiro atoms. The van der Waals surface area contributed by atoms with E-state index in [1.165, 1.54) is 30.0 Å². The topological polar surface area (TPSA) is 76.9 Å². The first kappa shape index (κ1) is 20.9. The van der Waals surface area contributed by atoms with Gasteiger partial charge < -0.3 is 14.4 Å². The van der Waals surface area contributed by atoms with E-state index in [4.69, 9.17) is 9.47 Å². The van der Waals surface area contributed by atoms with Crippen LogP contribution < -0.4 is 10.3 Å². The molecule has 9 heteroatoms. The summed E-state index contributed by atoms with van der Waals surface area (Å²) in [7, 11) is 2.98. The van der Waals surface area contributed by atoms with Gasteiger partial charge in [-0.05, 0) is 23.8 Å². The van der Waals surface area contributed by atoms with Crippen molar-refractivity contribution in [1.82, 2.24) is 19.6 Å². The van der Waals surface area contributed by atoms with Crippen LogP contribution in [0.15, 0.2) is 35.1 Å². The van der Waals surface area contributed by atoms with E-state index in [1.807, 2.05) is 6.07 Å². The fourth-order valence-electron chi connectivity index (χ4n) is 3.24. The molecule has 0 unspecified atom stereocenters. The first-order chi connectivity index (χ1) is 14.0. The van der Waals surface area contributed by atoms with Crippen LogP contribution in [-0.2, 0) is 17.8 Å².